The Bertz CT molecular complexity index is 167. The van der Waals surface area contributed by atoms with Crippen LogP contribution in [-0.4, -0.2) is 0 Å². The van der Waals surface area contributed by atoms with Gasteiger partial charge in [-0.3, -0.25) is 0 Å². The van der Waals surface area contributed by atoms with E-state index in [-0.39, 0.29) is 37.2 Å². The summed E-state index contributed by atoms with van der Waals surface area (Å²) in [5, 5.41) is 0. The Hall–Kier alpha value is 1.06. The molecule has 0 heterocycles. The normalized spacial score (nSPS) is 14.4. The molecular weight excluding hydrogens is 238 g/mol. The van der Waals surface area contributed by atoms with Crippen molar-refractivity contribution < 1.29 is 57.7 Å². The molecule has 0 fully saturated rings. The summed E-state index contributed by atoms with van der Waals surface area (Å²) in [6.07, 6.45) is 3.46. The summed E-state index contributed by atoms with van der Waals surface area (Å²) in [5.41, 5.74) is 3.02. The van der Waals surface area contributed by atoms with E-state index in [4.69, 9.17) is 0 Å². The van der Waals surface area contributed by atoms with Crippen LogP contribution in [-0.2, 0) is 20.4 Å². The van der Waals surface area contributed by atoms with Gasteiger partial charge in [0.05, 0.1) is 0 Å². The van der Waals surface area contributed by atoms with E-state index in [9.17, 15) is 0 Å². The molecular formula is C7H9Cl3Ti. The van der Waals surface area contributed by atoms with Gasteiger partial charge < -0.3 is 37.2 Å². The zero-order chi connectivity index (χ0) is 6.15. The molecule has 0 unspecified atom stereocenters. The second-order valence-corrected chi connectivity index (χ2v) is 3.07. The third-order valence-electron chi connectivity index (χ3n) is 1.66. The Morgan fingerprint density at radius 2 is 1.64 bits per heavy atom. The van der Waals surface area contributed by atoms with Crippen LogP contribution in [0.25, 0.3) is 0 Å². The van der Waals surface area contributed by atoms with Crippen LogP contribution < -0.4 is 37.2 Å². The van der Waals surface area contributed by atoms with Crippen molar-refractivity contribution in [2.24, 2.45) is 0 Å². The van der Waals surface area contributed by atoms with Crippen LogP contribution in [0.1, 0.15) is 20.3 Å². The molecule has 0 bridgehead atoms. The minimum Gasteiger partial charge on any atom is -1.00 e. The molecule has 0 nitrogen and oxygen atoms in total. The van der Waals surface area contributed by atoms with E-state index >= 15 is 0 Å². The monoisotopic (exact) mass is 246 g/mol. The van der Waals surface area contributed by atoms with Gasteiger partial charge >= 0.3 is 61.8 Å². The molecule has 0 spiro atoms. The third kappa shape index (κ3) is 4.60. The first-order valence-electron chi connectivity index (χ1n) is 2.80. The minimum atomic E-state index is 0. The van der Waals surface area contributed by atoms with Crippen LogP contribution in [0.4, 0.5) is 0 Å². The van der Waals surface area contributed by atoms with E-state index in [1.54, 1.807) is 0 Å². The van der Waals surface area contributed by atoms with Gasteiger partial charge in [0.2, 0.25) is 0 Å². The Kier molecular flexibility index (Phi) is 12.6. The van der Waals surface area contributed by atoms with E-state index in [1.165, 1.54) is 21.4 Å². The van der Waals surface area contributed by atoms with E-state index in [0.29, 0.717) is 0 Å². The van der Waals surface area contributed by atoms with Crippen molar-refractivity contribution in [2.45, 2.75) is 20.3 Å². The number of allylic oxidation sites excluding steroid dienone is 4. The topological polar surface area (TPSA) is 0 Å². The van der Waals surface area contributed by atoms with Crippen molar-refractivity contribution in [3.05, 3.63) is 21.1 Å². The molecule has 0 amide bonds. The van der Waals surface area contributed by atoms with E-state index in [1.807, 2.05) is 0 Å². The number of hydrogen-bond donors (Lipinski definition) is 0. The molecule has 0 saturated carbocycles. The average molecular weight is 247 g/mol. The molecule has 1 aliphatic carbocycles. The summed E-state index contributed by atoms with van der Waals surface area (Å²) < 4.78 is 1.46. The van der Waals surface area contributed by atoms with Crippen LogP contribution in [0, 0.1) is 0 Å². The molecule has 0 aliphatic heterocycles. The standard InChI is InChI=1S/C7H9.3ClH.Ti/c1-6-4-3-5-7(6)2;;;;/h3H,4H2,1-2H3;3*1H;/q;;;;+3/p-3. The van der Waals surface area contributed by atoms with Crippen LogP contribution in [0.2, 0.25) is 0 Å². The zero-order valence-corrected chi connectivity index (χ0v) is 10.2. The van der Waals surface area contributed by atoms with Gasteiger partial charge in [-0.25, -0.2) is 0 Å². The van der Waals surface area contributed by atoms with Crippen molar-refractivity contribution in [2.75, 3.05) is 0 Å². The summed E-state index contributed by atoms with van der Waals surface area (Å²) in [4.78, 5) is 0. The molecule has 4 heteroatoms. The third-order valence-corrected chi connectivity index (χ3v) is 2.56. The zero-order valence-electron chi connectivity index (χ0n) is 6.42. The molecule has 0 N–H and O–H groups in total. The van der Waals surface area contributed by atoms with Gasteiger partial charge in [0, 0.05) is 0 Å². The first-order valence-corrected chi connectivity index (χ1v) is 3.58. The molecule has 0 radical (unpaired) electrons. The van der Waals surface area contributed by atoms with Gasteiger partial charge in [0.1, 0.15) is 0 Å². The molecule has 11 heavy (non-hydrogen) atoms. The van der Waals surface area contributed by atoms with Gasteiger partial charge in [0.25, 0.3) is 0 Å². The minimum absolute atomic E-state index is 0. The number of halogens is 3. The molecule has 0 aromatic rings. The molecule has 62 valence electrons. The summed E-state index contributed by atoms with van der Waals surface area (Å²) in [7, 11) is 0. The second kappa shape index (κ2) is 7.70. The van der Waals surface area contributed by atoms with Crippen LogP contribution >= 0.6 is 0 Å². The quantitative estimate of drug-likeness (QED) is 0.373. The Labute approximate surface area is 98.5 Å². The molecule has 0 saturated heterocycles. The van der Waals surface area contributed by atoms with Crippen LogP contribution in [0.15, 0.2) is 21.1 Å². The predicted molar refractivity (Wildman–Crippen MR) is 31.1 cm³/mol. The van der Waals surface area contributed by atoms with Crippen LogP contribution in [0.5, 0.6) is 0 Å². The second-order valence-electron chi connectivity index (χ2n) is 2.23. The fourth-order valence-electron chi connectivity index (χ4n) is 0.791. The summed E-state index contributed by atoms with van der Waals surface area (Å²) in [5.74, 6) is 0. The van der Waals surface area contributed by atoms with E-state index in [0.717, 1.165) is 0 Å². The van der Waals surface area contributed by atoms with Gasteiger partial charge in [-0.2, -0.15) is 0 Å². The molecule has 0 aromatic heterocycles. The average Bonchev–Trinajstić information content (AvgIpc) is 1.98. The van der Waals surface area contributed by atoms with Crippen molar-refractivity contribution in [3.63, 3.8) is 0 Å². The van der Waals surface area contributed by atoms with Crippen LogP contribution in [0.3, 0.4) is 0 Å². The van der Waals surface area contributed by atoms with Gasteiger partial charge in [-0.05, 0) is 0 Å². The number of rotatable bonds is 0. The van der Waals surface area contributed by atoms with Crippen molar-refractivity contribution in [3.8, 4) is 0 Å². The summed E-state index contributed by atoms with van der Waals surface area (Å²) in [6, 6.07) is 0. The predicted octanol–water partition coefficient (Wildman–Crippen LogP) is -6.83. The summed E-state index contributed by atoms with van der Waals surface area (Å²) >= 11 is 2.17. The Balaban J connectivity index is -0.000000213. The smallest absolute Gasteiger partial charge is 1.00 e. The van der Waals surface area contributed by atoms with E-state index < -0.39 is 0 Å². The molecule has 0 aromatic carbocycles. The van der Waals surface area contributed by atoms with Crippen molar-refractivity contribution >= 4 is 0 Å². The van der Waals surface area contributed by atoms with Crippen molar-refractivity contribution in [1.82, 2.24) is 0 Å². The molecule has 0 atom stereocenters. The first-order chi connectivity index (χ1) is 3.72. The Morgan fingerprint density at radius 1 is 1.18 bits per heavy atom. The fraction of sp³-hybridized carbons (Fsp3) is 0.429. The van der Waals surface area contributed by atoms with Crippen molar-refractivity contribution in [1.29, 1.82) is 0 Å². The fourth-order valence-corrected chi connectivity index (χ4v) is 1.28. The molecule has 1 rings (SSSR count). The maximum Gasteiger partial charge on any atom is -1.00 e. The summed E-state index contributed by atoms with van der Waals surface area (Å²) in [6.45, 7) is 4.39. The number of hydrogen-bond acceptors (Lipinski definition) is 0. The first kappa shape index (κ1) is 18.0. The largest absolute Gasteiger partial charge is 1.00 e. The Morgan fingerprint density at radius 3 is 1.73 bits per heavy atom. The maximum atomic E-state index is 2.28. The van der Waals surface area contributed by atoms with Gasteiger partial charge in [0.15, 0.2) is 0 Å². The maximum absolute atomic E-state index is 2.28. The van der Waals surface area contributed by atoms with Gasteiger partial charge in [-0.1, -0.05) is 0 Å². The van der Waals surface area contributed by atoms with E-state index in [2.05, 4.69) is 40.4 Å². The van der Waals surface area contributed by atoms with Gasteiger partial charge in [-0.15, -0.1) is 0 Å². The molecule has 1 aliphatic rings. The SMILES string of the molecule is CC1=C(C)[C]([Ti+3])=CC1.[Cl-].[Cl-].[Cl-].